The zero-order chi connectivity index (χ0) is 15.4. The number of aromatic nitrogens is 3. The van der Waals surface area contributed by atoms with Crippen molar-refractivity contribution in [2.75, 3.05) is 18.4 Å². The van der Waals surface area contributed by atoms with Crippen LogP contribution in [0.2, 0.25) is 0 Å². The number of carbonyl (C=O) groups is 1. The van der Waals surface area contributed by atoms with Crippen molar-refractivity contribution in [1.82, 2.24) is 20.0 Å². The van der Waals surface area contributed by atoms with Crippen LogP contribution in [0.15, 0.2) is 23.0 Å². The first-order chi connectivity index (χ1) is 10.7. The van der Waals surface area contributed by atoms with Crippen LogP contribution in [-0.4, -0.2) is 39.0 Å². The highest BCUT2D eigenvalue weighted by atomic mass is 16.5. The van der Waals surface area contributed by atoms with Crippen molar-refractivity contribution >= 4 is 17.5 Å². The van der Waals surface area contributed by atoms with Gasteiger partial charge in [0.25, 0.3) is 5.91 Å². The first-order valence-electron chi connectivity index (χ1n) is 7.54. The van der Waals surface area contributed by atoms with Crippen LogP contribution in [0.5, 0.6) is 0 Å². The second-order valence-corrected chi connectivity index (χ2v) is 5.44. The topological polar surface area (TPSA) is 84.2 Å². The van der Waals surface area contributed by atoms with Crippen molar-refractivity contribution in [1.29, 1.82) is 0 Å². The molecule has 3 heterocycles. The number of likely N-dealkylation sites (tertiary alicyclic amines) is 1. The third-order valence-corrected chi connectivity index (χ3v) is 3.65. The minimum atomic E-state index is -0.0433. The number of aryl methyl sites for hydroxylation is 1. The number of rotatable bonds is 3. The lowest BCUT2D eigenvalue weighted by molar-refractivity contribution is 0.0755. The molecule has 22 heavy (non-hydrogen) atoms. The van der Waals surface area contributed by atoms with Gasteiger partial charge in [-0.25, -0.2) is 9.97 Å². The van der Waals surface area contributed by atoms with Crippen molar-refractivity contribution in [2.24, 2.45) is 0 Å². The molecule has 0 saturated carbocycles. The molecule has 0 atom stereocenters. The fourth-order valence-corrected chi connectivity index (χ4v) is 2.50. The van der Waals surface area contributed by atoms with E-state index in [0.29, 0.717) is 23.1 Å². The lowest BCUT2D eigenvalue weighted by Gasteiger charge is -2.19. The summed E-state index contributed by atoms with van der Waals surface area (Å²) in [5.41, 5.74) is 0.379. The molecule has 116 valence electrons. The van der Waals surface area contributed by atoms with Gasteiger partial charge < -0.3 is 14.7 Å². The van der Waals surface area contributed by atoms with Crippen LogP contribution in [0.4, 0.5) is 11.6 Å². The van der Waals surface area contributed by atoms with Gasteiger partial charge in [-0.1, -0.05) is 18.0 Å². The number of hydrogen-bond donors (Lipinski definition) is 1. The largest absolute Gasteiger partial charge is 0.360 e. The molecule has 1 aliphatic heterocycles. The third kappa shape index (κ3) is 3.41. The number of carbonyl (C=O) groups excluding carboxylic acids is 1. The quantitative estimate of drug-likeness (QED) is 0.937. The molecule has 0 aliphatic carbocycles. The molecule has 2 aromatic rings. The first-order valence-corrected chi connectivity index (χ1v) is 7.54. The zero-order valence-corrected chi connectivity index (χ0v) is 12.6. The molecule has 0 spiro atoms. The van der Waals surface area contributed by atoms with E-state index in [1.165, 1.54) is 25.2 Å². The molecule has 1 aliphatic rings. The van der Waals surface area contributed by atoms with E-state index in [1.54, 1.807) is 6.07 Å². The standard InChI is InChI=1S/C15H19N5O2/c1-11-8-13(19-22-11)18-14-10-16-12(9-17-14)15(21)20-6-4-2-3-5-7-20/h8-10H,2-7H2,1H3,(H,17,18,19). The minimum Gasteiger partial charge on any atom is -0.360 e. The molecule has 0 aromatic carbocycles. The first kappa shape index (κ1) is 14.5. The summed E-state index contributed by atoms with van der Waals surface area (Å²) in [6, 6.07) is 1.76. The lowest BCUT2D eigenvalue weighted by Crippen LogP contribution is -2.32. The van der Waals surface area contributed by atoms with E-state index in [0.717, 1.165) is 25.9 Å². The summed E-state index contributed by atoms with van der Waals surface area (Å²) >= 11 is 0. The van der Waals surface area contributed by atoms with Crippen LogP contribution < -0.4 is 5.32 Å². The van der Waals surface area contributed by atoms with Gasteiger partial charge in [-0.05, 0) is 19.8 Å². The van der Waals surface area contributed by atoms with E-state index in [2.05, 4.69) is 20.4 Å². The third-order valence-electron chi connectivity index (χ3n) is 3.65. The normalized spacial score (nSPS) is 15.4. The van der Waals surface area contributed by atoms with Gasteiger partial charge in [0.15, 0.2) is 5.82 Å². The molecular weight excluding hydrogens is 282 g/mol. The van der Waals surface area contributed by atoms with Gasteiger partial charge in [-0.2, -0.15) is 0 Å². The van der Waals surface area contributed by atoms with Crippen molar-refractivity contribution < 1.29 is 9.32 Å². The predicted molar refractivity (Wildman–Crippen MR) is 80.9 cm³/mol. The highest BCUT2D eigenvalue weighted by molar-refractivity contribution is 5.92. The summed E-state index contributed by atoms with van der Waals surface area (Å²) in [5.74, 6) is 1.76. The summed E-state index contributed by atoms with van der Waals surface area (Å²) < 4.78 is 4.97. The maximum atomic E-state index is 12.4. The monoisotopic (exact) mass is 301 g/mol. The van der Waals surface area contributed by atoms with Crippen LogP contribution >= 0.6 is 0 Å². The molecule has 2 aromatic heterocycles. The van der Waals surface area contributed by atoms with E-state index < -0.39 is 0 Å². The molecule has 0 bridgehead atoms. The number of amides is 1. The molecule has 1 amide bonds. The van der Waals surface area contributed by atoms with Crippen molar-refractivity contribution in [3.63, 3.8) is 0 Å². The number of nitrogens with one attached hydrogen (secondary N) is 1. The van der Waals surface area contributed by atoms with E-state index in [-0.39, 0.29) is 5.91 Å². The number of anilines is 2. The molecule has 7 heteroatoms. The van der Waals surface area contributed by atoms with Gasteiger partial charge in [0, 0.05) is 19.2 Å². The minimum absolute atomic E-state index is 0.0433. The summed E-state index contributed by atoms with van der Waals surface area (Å²) in [4.78, 5) is 22.7. The second kappa shape index (κ2) is 6.55. The average Bonchev–Trinajstić information content (AvgIpc) is 2.78. The molecule has 3 rings (SSSR count). The fourth-order valence-electron chi connectivity index (χ4n) is 2.50. The highest BCUT2D eigenvalue weighted by Crippen LogP contribution is 2.15. The Hall–Kier alpha value is -2.44. The van der Waals surface area contributed by atoms with E-state index in [4.69, 9.17) is 4.52 Å². The summed E-state index contributed by atoms with van der Waals surface area (Å²) in [6.45, 7) is 3.42. The second-order valence-electron chi connectivity index (χ2n) is 5.44. The average molecular weight is 301 g/mol. The zero-order valence-electron chi connectivity index (χ0n) is 12.6. The van der Waals surface area contributed by atoms with Gasteiger partial charge >= 0.3 is 0 Å². The summed E-state index contributed by atoms with van der Waals surface area (Å²) in [6.07, 6.45) is 7.54. The van der Waals surface area contributed by atoms with Crippen molar-refractivity contribution in [3.05, 3.63) is 29.9 Å². The molecule has 1 saturated heterocycles. The van der Waals surface area contributed by atoms with Crippen LogP contribution in [-0.2, 0) is 0 Å². The summed E-state index contributed by atoms with van der Waals surface area (Å²) in [5, 5.41) is 6.80. The number of hydrogen-bond acceptors (Lipinski definition) is 6. The SMILES string of the molecule is Cc1cc(Nc2cnc(C(=O)N3CCCCCC3)cn2)no1. The van der Waals surface area contributed by atoms with Crippen LogP contribution in [0.1, 0.15) is 41.9 Å². The molecule has 1 fully saturated rings. The molecule has 1 N–H and O–H groups in total. The van der Waals surface area contributed by atoms with Gasteiger partial charge in [-0.3, -0.25) is 4.79 Å². The predicted octanol–water partition coefficient (Wildman–Crippen LogP) is 2.53. The Kier molecular flexibility index (Phi) is 4.32. The maximum absolute atomic E-state index is 12.4. The Balaban J connectivity index is 1.66. The Morgan fingerprint density at radius 1 is 1.14 bits per heavy atom. The number of nitrogens with zero attached hydrogens (tertiary/aromatic N) is 4. The van der Waals surface area contributed by atoms with Crippen molar-refractivity contribution in [3.8, 4) is 0 Å². The van der Waals surface area contributed by atoms with E-state index in [1.807, 2.05) is 11.8 Å². The molecular formula is C15H19N5O2. The van der Waals surface area contributed by atoms with Gasteiger partial charge in [-0.15, -0.1) is 0 Å². The molecule has 7 nitrogen and oxygen atoms in total. The fraction of sp³-hybridized carbons (Fsp3) is 0.467. The summed E-state index contributed by atoms with van der Waals surface area (Å²) in [7, 11) is 0. The Morgan fingerprint density at radius 3 is 2.50 bits per heavy atom. The maximum Gasteiger partial charge on any atom is 0.274 e. The lowest BCUT2D eigenvalue weighted by atomic mass is 10.2. The van der Waals surface area contributed by atoms with Crippen LogP contribution in [0.3, 0.4) is 0 Å². The molecule has 0 radical (unpaired) electrons. The van der Waals surface area contributed by atoms with Crippen LogP contribution in [0, 0.1) is 6.92 Å². The van der Waals surface area contributed by atoms with E-state index in [9.17, 15) is 4.79 Å². The van der Waals surface area contributed by atoms with Crippen molar-refractivity contribution in [2.45, 2.75) is 32.6 Å². The Morgan fingerprint density at radius 2 is 1.91 bits per heavy atom. The van der Waals surface area contributed by atoms with E-state index >= 15 is 0 Å². The van der Waals surface area contributed by atoms with Gasteiger partial charge in [0.05, 0.1) is 12.4 Å². The Labute approximate surface area is 128 Å². The molecule has 0 unspecified atom stereocenters. The highest BCUT2D eigenvalue weighted by Gasteiger charge is 2.18. The van der Waals surface area contributed by atoms with Gasteiger partial charge in [0.1, 0.15) is 17.3 Å². The van der Waals surface area contributed by atoms with Crippen LogP contribution in [0.25, 0.3) is 0 Å². The smallest absolute Gasteiger partial charge is 0.274 e. The Bertz CT molecular complexity index is 630. The van der Waals surface area contributed by atoms with Gasteiger partial charge in [0.2, 0.25) is 0 Å².